The average molecular weight is 839 g/mol. The smallest absolute Gasteiger partial charge is 0.268 e. The molecular formula is C49H95N2O6P. The maximum atomic E-state index is 12.9. The Morgan fingerprint density at radius 2 is 0.966 bits per heavy atom. The summed E-state index contributed by atoms with van der Waals surface area (Å²) in [6.45, 7) is 4.62. The molecule has 0 heterocycles. The predicted molar refractivity (Wildman–Crippen MR) is 247 cm³/mol. The van der Waals surface area contributed by atoms with Crippen LogP contribution in [0, 0.1) is 0 Å². The highest BCUT2D eigenvalue weighted by Gasteiger charge is 2.23. The number of aliphatic hydroxyl groups excluding tert-OH is 1. The zero-order valence-electron chi connectivity index (χ0n) is 38.8. The lowest BCUT2D eigenvalue weighted by Gasteiger charge is -2.29. The van der Waals surface area contributed by atoms with Gasteiger partial charge in [0.2, 0.25) is 5.91 Å². The van der Waals surface area contributed by atoms with Crippen molar-refractivity contribution in [3.8, 4) is 0 Å². The summed E-state index contributed by atoms with van der Waals surface area (Å²) in [5.41, 5.74) is 0. The van der Waals surface area contributed by atoms with Gasteiger partial charge in [-0.25, -0.2) is 0 Å². The zero-order valence-corrected chi connectivity index (χ0v) is 39.6. The van der Waals surface area contributed by atoms with Gasteiger partial charge in [-0.15, -0.1) is 0 Å². The summed E-state index contributed by atoms with van der Waals surface area (Å²) in [6.07, 6.45) is 50.6. The van der Waals surface area contributed by atoms with Crippen molar-refractivity contribution >= 4 is 13.7 Å². The van der Waals surface area contributed by atoms with Crippen molar-refractivity contribution in [1.29, 1.82) is 0 Å². The fraction of sp³-hybridized carbons (Fsp3) is 0.857. The molecule has 0 fully saturated rings. The van der Waals surface area contributed by atoms with Crippen molar-refractivity contribution in [2.75, 3.05) is 40.9 Å². The first-order valence-electron chi connectivity index (χ1n) is 24.4. The molecule has 9 heteroatoms. The van der Waals surface area contributed by atoms with E-state index in [-0.39, 0.29) is 12.5 Å². The lowest BCUT2D eigenvalue weighted by molar-refractivity contribution is -0.870. The van der Waals surface area contributed by atoms with Crippen LogP contribution >= 0.6 is 7.82 Å². The van der Waals surface area contributed by atoms with E-state index in [1.54, 1.807) is 6.08 Å². The van der Waals surface area contributed by atoms with Gasteiger partial charge in [0.1, 0.15) is 13.2 Å². The standard InChI is InChI=1S/C49H95N2O6P/c1-6-8-10-12-14-16-18-20-22-23-24-25-26-27-29-30-32-34-36-38-40-42-48(52)47(46-57-58(54,55)56-45-44-51(3,4)5)50-49(53)43-41-39-37-35-33-31-28-21-19-17-15-13-11-9-7-2/h17,19,32,34,40,42,47-48,52H,6-16,18,20-31,33,35-39,41,43-46H2,1-5H3,(H-,50,53,54,55)/b19-17-,34-32+,42-40+. The second-order valence-electron chi connectivity index (χ2n) is 17.8. The van der Waals surface area contributed by atoms with E-state index in [4.69, 9.17) is 9.05 Å². The Hall–Kier alpha value is -1.28. The summed E-state index contributed by atoms with van der Waals surface area (Å²) < 4.78 is 23.2. The van der Waals surface area contributed by atoms with Gasteiger partial charge in [-0.3, -0.25) is 9.36 Å². The largest absolute Gasteiger partial charge is 0.756 e. The topological polar surface area (TPSA) is 108 Å². The molecule has 342 valence electrons. The molecule has 0 radical (unpaired) electrons. The van der Waals surface area contributed by atoms with E-state index in [9.17, 15) is 19.4 Å². The van der Waals surface area contributed by atoms with E-state index < -0.39 is 26.6 Å². The molecule has 58 heavy (non-hydrogen) atoms. The number of nitrogens with zero attached hydrogens (tertiary/aromatic N) is 1. The van der Waals surface area contributed by atoms with Crippen LogP contribution < -0.4 is 10.2 Å². The summed E-state index contributed by atoms with van der Waals surface area (Å²) in [7, 11) is 1.24. The van der Waals surface area contributed by atoms with Crippen molar-refractivity contribution in [1.82, 2.24) is 5.32 Å². The molecule has 0 saturated carbocycles. The summed E-state index contributed by atoms with van der Waals surface area (Å²) >= 11 is 0. The zero-order chi connectivity index (χ0) is 42.8. The van der Waals surface area contributed by atoms with Gasteiger partial charge in [0, 0.05) is 6.42 Å². The normalized spacial score (nSPS) is 14.5. The minimum absolute atomic E-state index is 0.00698. The number of allylic oxidation sites excluding steroid dienone is 5. The Morgan fingerprint density at radius 3 is 1.41 bits per heavy atom. The maximum Gasteiger partial charge on any atom is 0.268 e. The van der Waals surface area contributed by atoms with Crippen LogP contribution in [-0.2, 0) is 18.4 Å². The number of amides is 1. The van der Waals surface area contributed by atoms with Gasteiger partial charge in [0.15, 0.2) is 0 Å². The van der Waals surface area contributed by atoms with Crippen LogP contribution in [0.15, 0.2) is 36.5 Å². The van der Waals surface area contributed by atoms with Crippen molar-refractivity contribution in [2.45, 2.75) is 231 Å². The number of unbranched alkanes of at least 4 members (excludes halogenated alkanes) is 27. The number of rotatable bonds is 44. The second-order valence-corrected chi connectivity index (χ2v) is 19.2. The highest BCUT2D eigenvalue weighted by atomic mass is 31.2. The maximum absolute atomic E-state index is 12.9. The SMILES string of the molecule is CCCCCC/C=C\CCCCCCCCCC(=O)NC(COP(=O)([O-])OCC[N+](C)(C)C)C(O)/C=C/CC/C=C/CCCCCCCCCCCCCCCCC. The first kappa shape index (κ1) is 56.7. The molecule has 0 aromatic carbocycles. The molecule has 0 rings (SSSR count). The fourth-order valence-electron chi connectivity index (χ4n) is 6.93. The molecule has 0 spiro atoms. The molecule has 0 aromatic heterocycles. The van der Waals surface area contributed by atoms with Gasteiger partial charge in [-0.05, 0) is 57.8 Å². The molecule has 3 unspecified atom stereocenters. The number of phosphoric acid groups is 1. The van der Waals surface area contributed by atoms with Crippen molar-refractivity contribution in [3.05, 3.63) is 36.5 Å². The number of phosphoric ester groups is 1. The first-order chi connectivity index (χ1) is 28.0. The molecule has 0 bridgehead atoms. The third kappa shape index (κ3) is 42.8. The second kappa shape index (κ2) is 41.1. The third-order valence-corrected chi connectivity index (χ3v) is 11.8. The Labute approximate surface area is 359 Å². The average Bonchev–Trinajstić information content (AvgIpc) is 3.17. The van der Waals surface area contributed by atoms with Crippen molar-refractivity contribution in [2.24, 2.45) is 0 Å². The van der Waals surface area contributed by atoms with Crippen LogP contribution in [0.5, 0.6) is 0 Å². The first-order valence-corrected chi connectivity index (χ1v) is 25.8. The molecule has 0 aliphatic rings. The van der Waals surface area contributed by atoms with E-state index in [2.05, 4.69) is 43.5 Å². The Bertz CT molecular complexity index is 1040. The number of carbonyl (C=O) groups excluding carboxylic acids is 1. The molecule has 1 amide bonds. The van der Waals surface area contributed by atoms with E-state index in [1.165, 1.54) is 161 Å². The molecule has 2 N–H and O–H groups in total. The van der Waals surface area contributed by atoms with Crippen LogP contribution in [0.1, 0.15) is 219 Å². The minimum atomic E-state index is -4.60. The van der Waals surface area contributed by atoms with Crippen LogP contribution in [-0.4, -0.2) is 68.5 Å². The van der Waals surface area contributed by atoms with E-state index in [0.29, 0.717) is 17.4 Å². The lowest BCUT2D eigenvalue weighted by Crippen LogP contribution is -2.45. The molecule has 0 aliphatic heterocycles. The molecule has 0 aliphatic carbocycles. The number of quaternary nitrogens is 1. The molecule has 0 aromatic rings. The molecular weight excluding hydrogens is 744 g/mol. The Kier molecular flexibility index (Phi) is 40.2. The number of hydrogen-bond acceptors (Lipinski definition) is 6. The summed E-state index contributed by atoms with van der Waals surface area (Å²) in [5, 5.41) is 13.8. The van der Waals surface area contributed by atoms with Gasteiger partial charge < -0.3 is 28.8 Å². The van der Waals surface area contributed by atoms with Gasteiger partial charge in [-0.2, -0.15) is 0 Å². The highest BCUT2D eigenvalue weighted by molar-refractivity contribution is 7.45. The van der Waals surface area contributed by atoms with Crippen molar-refractivity contribution in [3.63, 3.8) is 0 Å². The lowest BCUT2D eigenvalue weighted by atomic mass is 10.0. The number of hydrogen-bond donors (Lipinski definition) is 2. The van der Waals surface area contributed by atoms with Crippen molar-refractivity contribution < 1.29 is 32.9 Å². The minimum Gasteiger partial charge on any atom is -0.756 e. The van der Waals surface area contributed by atoms with Gasteiger partial charge in [0.05, 0.1) is 39.9 Å². The van der Waals surface area contributed by atoms with Crippen LogP contribution in [0.3, 0.4) is 0 Å². The predicted octanol–water partition coefficient (Wildman–Crippen LogP) is 13.2. The van der Waals surface area contributed by atoms with Gasteiger partial charge in [0.25, 0.3) is 7.82 Å². The number of carbonyl (C=O) groups is 1. The Balaban J connectivity index is 4.39. The van der Waals surface area contributed by atoms with Crippen LogP contribution in [0.25, 0.3) is 0 Å². The summed E-state index contributed by atoms with van der Waals surface area (Å²) in [4.78, 5) is 25.3. The number of likely N-dealkylation sites (N-methyl/N-ethyl adjacent to an activating group) is 1. The highest BCUT2D eigenvalue weighted by Crippen LogP contribution is 2.38. The summed E-state index contributed by atoms with van der Waals surface area (Å²) in [6, 6.07) is -0.904. The van der Waals surface area contributed by atoms with E-state index in [0.717, 1.165) is 38.5 Å². The fourth-order valence-corrected chi connectivity index (χ4v) is 7.65. The molecule has 8 nitrogen and oxygen atoms in total. The molecule has 0 saturated heterocycles. The molecule has 3 atom stereocenters. The quantitative estimate of drug-likeness (QED) is 0.0274. The van der Waals surface area contributed by atoms with Crippen LogP contribution in [0.4, 0.5) is 0 Å². The van der Waals surface area contributed by atoms with E-state index in [1.807, 2.05) is 27.2 Å². The number of nitrogens with one attached hydrogen (secondary N) is 1. The van der Waals surface area contributed by atoms with E-state index >= 15 is 0 Å². The Morgan fingerprint density at radius 1 is 0.586 bits per heavy atom. The van der Waals surface area contributed by atoms with Crippen LogP contribution in [0.2, 0.25) is 0 Å². The number of aliphatic hydroxyl groups is 1. The monoisotopic (exact) mass is 839 g/mol. The summed E-state index contributed by atoms with van der Waals surface area (Å²) in [5.74, 6) is -0.212. The van der Waals surface area contributed by atoms with Gasteiger partial charge >= 0.3 is 0 Å². The third-order valence-electron chi connectivity index (χ3n) is 10.8. The van der Waals surface area contributed by atoms with Gasteiger partial charge in [-0.1, -0.05) is 192 Å².